The number of benzene rings is 1. The minimum atomic E-state index is -0.959. The number of ether oxygens (including phenoxy) is 1. The molecule has 1 heterocycles. The lowest BCUT2D eigenvalue weighted by Gasteiger charge is -2.28. The third-order valence-electron chi connectivity index (χ3n) is 3.84. The molecular weight excluding hydrogens is 344 g/mol. The predicted molar refractivity (Wildman–Crippen MR) is 94.6 cm³/mol. The molecule has 1 saturated heterocycles. The van der Waals surface area contributed by atoms with Gasteiger partial charge in [-0.05, 0) is 37.6 Å². The first-order valence-corrected chi connectivity index (χ1v) is 8.83. The summed E-state index contributed by atoms with van der Waals surface area (Å²) in [5.74, 6) is -1.32. The van der Waals surface area contributed by atoms with E-state index in [4.69, 9.17) is 9.84 Å². The second-order valence-corrected chi connectivity index (χ2v) is 7.52. The van der Waals surface area contributed by atoms with Crippen molar-refractivity contribution < 1.29 is 24.2 Å². The van der Waals surface area contributed by atoms with Crippen LogP contribution in [0.4, 0.5) is 5.69 Å². The maximum absolute atomic E-state index is 12.5. The van der Waals surface area contributed by atoms with E-state index < -0.39 is 16.8 Å². The molecule has 1 aliphatic rings. The third-order valence-corrected chi connectivity index (χ3v) is 4.95. The summed E-state index contributed by atoms with van der Waals surface area (Å²) in [4.78, 5) is 35.4. The minimum absolute atomic E-state index is 0.143. The number of hydrogen-bond donors (Lipinski definition) is 3. The summed E-state index contributed by atoms with van der Waals surface area (Å²) in [5, 5.41) is 14.2. The van der Waals surface area contributed by atoms with Crippen molar-refractivity contribution in [3.8, 4) is 0 Å². The van der Waals surface area contributed by atoms with E-state index in [1.54, 1.807) is 19.1 Å². The van der Waals surface area contributed by atoms with Gasteiger partial charge in [-0.1, -0.05) is 0 Å². The van der Waals surface area contributed by atoms with E-state index in [0.29, 0.717) is 18.7 Å². The highest BCUT2D eigenvalue weighted by Crippen LogP contribution is 2.27. The summed E-state index contributed by atoms with van der Waals surface area (Å²) >= 11 is 1.37. The molecule has 1 aromatic rings. The van der Waals surface area contributed by atoms with Gasteiger partial charge in [-0.25, -0.2) is 0 Å². The average Bonchev–Trinajstić information content (AvgIpc) is 2.95. The van der Waals surface area contributed by atoms with Crippen molar-refractivity contribution in [2.75, 3.05) is 18.5 Å². The maximum Gasteiger partial charge on any atom is 0.305 e. The van der Waals surface area contributed by atoms with Gasteiger partial charge in [-0.3, -0.25) is 14.4 Å². The lowest BCUT2D eigenvalue weighted by molar-refractivity contribution is -0.139. The lowest BCUT2D eigenvalue weighted by Crippen LogP contribution is -2.52. The quantitative estimate of drug-likeness (QED) is 0.637. The molecule has 0 bridgehead atoms. The first kappa shape index (κ1) is 19.3. The van der Waals surface area contributed by atoms with Crippen LogP contribution in [-0.2, 0) is 19.1 Å². The SMILES string of the molecule is CC(=O)Nc1ccc(SC(C)C(=O)NC2(CC(=O)O)CCOC2)cc1. The van der Waals surface area contributed by atoms with E-state index in [9.17, 15) is 14.4 Å². The van der Waals surface area contributed by atoms with Gasteiger partial charge in [0.1, 0.15) is 0 Å². The van der Waals surface area contributed by atoms with Gasteiger partial charge in [-0.15, -0.1) is 11.8 Å². The normalized spacial score (nSPS) is 20.7. The molecule has 0 spiro atoms. The van der Waals surface area contributed by atoms with Crippen molar-refractivity contribution in [3.63, 3.8) is 0 Å². The lowest BCUT2D eigenvalue weighted by atomic mass is 9.94. The average molecular weight is 366 g/mol. The molecule has 2 amide bonds. The Balaban J connectivity index is 1.95. The molecular formula is C17H22N2O5S. The predicted octanol–water partition coefficient (Wildman–Crippen LogP) is 1.88. The monoisotopic (exact) mass is 366 g/mol. The molecule has 25 heavy (non-hydrogen) atoms. The van der Waals surface area contributed by atoms with Crippen LogP contribution >= 0.6 is 11.8 Å². The molecule has 0 aliphatic carbocycles. The number of hydrogen-bond acceptors (Lipinski definition) is 5. The summed E-state index contributed by atoms with van der Waals surface area (Å²) in [7, 11) is 0. The molecule has 8 heteroatoms. The highest BCUT2D eigenvalue weighted by atomic mass is 32.2. The zero-order valence-corrected chi connectivity index (χ0v) is 15.0. The Bertz CT molecular complexity index is 641. The molecule has 2 rings (SSSR count). The van der Waals surface area contributed by atoms with Crippen molar-refractivity contribution in [2.45, 2.75) is 42.4 Å². The molecule has 136 valence electrons. The zero-order valence-electron chi connectivity index (χ0n) is 14.2. The Hall–Kier alpha value is -2.06. The van der Waals surface area contributed by atoms with Crippen molar-refractivity contribution in [1.29, 1.82) is 0 Å². The standard InChI is InChI=1S/C17H22N2O5S/c1-11(25-14-5-3-13(4-6-14)18-12(2)20)16(23)19-17(9-15(21)22)7-8-24-10-17/h3-6,11H,7-10H2,1-2H3,(H,18,20)(H,19,23)(H,21,22). The summed E-state index contributed by atoms with van der Waals surface area (Å²) in [6.07, 6.45) is 0.343. The van der Waals surface area contributed by atoms with E-state index in [-0.39, 0.29) is 24.8 Å². The number of aliphatic carboxylic acids is 1. The molecule has 0 aromatic heterocycles. The first-order valence-electron chi connectivity index (χ1n) is 7.95. The van der Waals surface area contributed by atoms with E-state index in [0.717, 1.165) is 4.90 Å². The first-order chi connectivity index (χ1) is 11.8. The number of carbonyl (C=O) groups is 3. The molecule has 3 N–H and O–H groups in total. The van der Waals surface area contributed by atoms with Gasteiger partial charge in [0, 0.05) is 24.1 Å². The van der Waals surface area contributed by atoms with Gasteiger partial charge < -0.3 is 20.5 Å². The molecule has 0 saturated carbocycles. The topological polar surface area (TPSA) is 105 Å². The number of carboxylic acids is 1. The fourth-order valence-corrected chi connectivity index (χ4v) is 3.49. The Kier molecular flexibility index (Phi) is 6.44. The molecule has 2 atom stereocenters. The number of anilines is 1. The van der Waals surface area contributed by atoms with Crippen LogP contribution < -0.4 is 10.6 Å². The van der Waals surface area contributed by atoms with Crippen molar-refractivity contribution >= 4 is 35.2 Å². The van der Waals surface area contributed by atoms with Gasteiger partial charge in [-0.2, -0.15) is 0 Å². The molecule has 7 nitrogen and oxygen atoms in total. The van der Waals surface area contributed by atoms with Crippen LogP contribution in [0.1, 0.15) is 26.7 Å². The van der Waals surface area contributed by atoms with Crippen LogP contribution in [0.15, 0.2) is 29.2 Å². The number of carbonyl (C=O) groups excluding carboxylic acids is 2. The van der Waals surface area contributed by atoms with Crippen LogP contribution in [-0.4, -0.2) is 46.9 Å². The Morgan fingerprint density at radius 3 is 2.52 bits per heavy atom. The van der Waals surface area contributed by atoms with E-state index in [2.05, 4.69) is 10.6 Å². The highest BCUT2D eigenvalue weighted by molar-refractivity contribution is 8.00. The number of rotatable bonds is 7. The van der Waals surface area contributed by atoms with Crippen molar-refractivity contribution in [2.24, 2.45) is 0 Å². The van der Waals surface area contributed by atoms with Crippen LogP contribution in [0.25, 0.3) is 0 Å². The van der Waals surface area contributed by atoms with Gasteiger partial charge in [0.15, 0.2) is 0 Å². The fraction of sp³-hybridized carbons (Fsp3) is 0.471. The third kappa shape index (κ3) is 5.75. The smallest absolute Gasteiger partial charge is 0.305 e. The number of carboxylic acid groups (broad SMARTS) is 1. The summed E-state index contributed by atoms with van der Waals surface area (Å²) < 4.78 is 5.29. The summed E-state index contributed by atoms with van der Waals surface area (Å²) in [5.41, 5.74) is -0.134. The Morgan fingerprint density at radius 2 is 2.00 bits per heavy atom. The van der Waals surface area contributed by atoms with Crippen LogP contribution in [0.3, 0.4) is 0 Å². The maximum atomic E-state index is 12.5. The summed E-state index contributed by atoms with van der Waals surface area (Å²) in [6, 6.07) is 7.19. The number of amides is 2. The van der Waals surface area contributed by atoms with Gasteiger partial charge >= 0.3 is 5.97 Å². The Labute approximate surface area is 150 Å². The minimum Gasteiger partial charge on any atom is -0.481 e. The van der Waals surface area contributed by atoms with Gasteiger partial charge in [0.2, 0.25) is 11.8 Å². The van der Waals surface area contributed by atoms with Gasteiger partial charge in [0.05, 0.1) is 23.8 Å². The van der Waals surface area contributed by atoms with Crippen molar-refractivity contribution in [3.05, 3.63) is 24.3 Å². The van der Waals surface area contributed by atoms with Gasteiger partial charge in [0.25, 0.3) is 0 Å². The fourth-order valence-electron chi connectivity index (χ4n) is 2.62. The van der Waals surface area contributed by atoms with Crippen LogP contribution in [0.5, 0.6) is 0 Å². The molecule has 2 unspecified atom stereocenters. The zero-order chi connectivity index (χ0) is 18.4. The van der Waals surface area contributed by atoms with Crippen LogP contribution in [0.2, 0.25) is 0 Å². The highest BCUT2D eigenvalue weighted by Gasteiger charge is 2.39. The Morgan fingerprint density at radius 1 is 1.32 bits per heavy atom. The second kappa shape index (κ2) is 8.35. The van der Waals surface area contributed by atoms with Crippen LogP contribution in [0, 0.1) is 0 Å². The van der Waals surface area contributed by atoms with E-state index >= 15 is 0 Å². The van der Waals surface area contributed by atoms with E-state index in [1.165, 1.54) is 18.7 Å². The largest absolute Gasteiger partial charge is 0.481 e. The number of nitrogens with one attached hydrogen (secondary N) is 2. The van der Waals surface area contributed by atoms with E-state index in [1.807, 2.05) is 12.1 Å². The molecule has 1 fully saturated rings. The molecule has 1 aromatic carbocycles. The summed E-state index contributed by atoms with van der Waals surface area (Å²) in [6.45, 7) is 3.87. The molecule has 0 radical (unpaired) electrons. The molecule has 1 aliphatic heterocycles. The van der Waals surface area contributed by atoms with Crippen molar-refractivity contribution in [1.82, 2.24) is 5.32 Å². The second-order valence-electron chi connectivity index (χ2n) is 6.11. The number of thioether (sulfide) groups is 1.